The van der Waals surface area contributed by atoms with Crippen molar-refractivity contribution in [3.05, 3.63) is 0 Å². The first-order valence-corrected chi connectivity index (χ1v) is 2.77. The summed E-state index contributed by atoms with van der Waals surface area (Å²) in [6.45, 7) is 0. The average molecular weight is 224 g/mol. The lowest BCUT2D eigenvalue weighted by Gasteiger charge is -1.69. The van der Waals surface area contributed by atoms with Crippen LogP contribution in [0.25, 0.3) is 0 Å². The first-order chi connectivity index (χ1) is 2.00. The van der Waals surface area contributed by atoms with Crippen molar-refractivity contribution in [2.45, 2.75) is 0 Å². The van der Waals surface area contributed by atoms with Crippen molar-refractivity contribution in [2.75, 3.05) is 6.26 Å². The maximum absolute atomic E-state index is 9.19. The van der Waals surface area contributed by atoms with Crippen LogP contribution in [0.4, 0.5) is 0 Å². The molecule has 0 aromatic heterocycles. The topological polar surface area (TPSA) is 54.4 Å². The number of hydrogen-bond donors (Lipinski definition) is 1. The molecule has 0 fully saturated rings. The summed E-state index contributed by atoms with van der Waals surface area (Å²) in [5, 5.41) is 0. The molecule has 0 saturated heterocycles. The van der Waals surface area contributed by atoms with Gasteiger partial charge in [-0.3, -0.25) is 4.55 Å². The van der Waals surface area contributed by atoms with E-state index in [0.29, 0.717) is 6.26 Å². The summed E-state index contributed by atoms with van der Waals surface area (Å²) in [4.78, 5) is 0. The molecule has 0 saturated carbocycles. The summed E-state index contributed by atoms with van der Waals surface area (Å²) in [6.07, 6.45) is 0.715. The zero-order valence-corrected chi connectivity index (χ0v) is 6.23. The van der Waals surface area contributed by atoms with Crippen LogP contribution in [-0.2, 0) is 10.1 Å². The van der Waals surface area contributed by atoms with Crippen LogP contribution >= 0.6 is 24.0 Å². The standard InChI is InChI=1S/CH4O3S.HI/c1-5(2,3)4;/h1H3,(H,2,3,4);1H. The molecule has 6 heavy (non-hydrogen) atoms. The molecule has 1 N–H and O–H groups in total. The molecule has 0 amide bonds. The molecule has 0 unspecified atom stereocenters. The van der Waals surface area contributed by atoms with E-state index in [1.165, 1.54) is 0 Å². The van der Waals surface area contributed by atoms with E-state index in [1.54, 1.807) is 0 Å². The van der Waals surface area contributed by atoms with Gasteiger partial charge >= 0.3 is 0 Å². The third-order valence-electron chi connectivity index (χ3n) is 0. The van der Waals surface area contributed by atoms with Crippen LogP contribution in [0.5, 0.6) is 0 Å². The van der Waals surface area contributed by atoms with Crippen LogP contribution in [-0.4, -0.2) is 19.2 Å². The van der Waals surface area contributed by atoms with Gasteiger partial charge in [-0.05, 0) is 0 Å². The van der Waals surface area contributed by atoms with Gasteiger partial charge in [-0.15, -0.1) is 24.0 Å². The van der Waals surface area contributed by atoms with Crippen LogP contribution in [0.2, 0.25) is 0 Å². The monoisotopic (exact) mass is 224 g/mol. The highest BCUT2D eigenvalue weighted by molar-refractivity contribution is 14.0. The first kappa shape index (κ1) is 9.81. The zero-order chi connectivity index (χ0) is 4.50. The third-order valence-corrected chi connectivity index (χ3v) is 0. The summed E-state index contributed by atoms with van der Waals surface area (Å²) in [5.74, 6) is 0. The van der Waals surface area contributed by atoms with E-state index in [-0.39, 0.29) is 24.0 Å². The zero-order valence-electron chi connectivity index (χ0n) is 3.08. The normalized spacial score (nSPS) is 9.67. The molecule has 0 bridgehead atoms. The molecule has 0 aliphatic heterocycles. The Hall–Kier alpha value is 0.640. The third kappa shape index (κ3) is 150. The average Bonchev–Trinajstić information content (AvgIpc) is 0.722. The van der Waals surface area contributed by atoms with Gasteiger partial charge in [-0.25, -0.2) is 0 Å². The summed E-state index contributed by atoms with van der Waals surface area (Å²) < 4.78 is 25.9. The summed E-state index contributed by atoms with van der Waals surface area (Å²) in [7, 11) is -3.67. The molecule has 0 aliphatic rings. The second-order valence-electron chi connectivity index (χ2n) is 0.733. The maximum atomic E-state index is 9.19. The lowest BCUT2D eigenvalue weighted by atomic mass is 12.0. The molecular weight excluding hydrogens is 219 g/mol. The predicted molar refractivity (Wildman–Crippen MR) is 32.9 cm³/mol. The van der Waals surface area contributed by atoms with Crippen LogP contribution in [0.3, 0.4) is 0 Å². The van der Waals surface area contributed by atoms with Crippen LogP contribution in [0.15, 0.2) is 0 Å². The van der Waals surface area contributed by atoms with E-state index in [9.17, 15) is 8.42 Å². The van der Waals surface area contributed by atoms with Crippen molar-refractivity contribution >= 4 is 34.1 Å². The fourth-order valence-corrected chi connectivity index (χ4v) is 0. The van der Waals surface area contributed by atoms with E-state index >= 15 is 0 Å². The molecule has 3 nitrogen and oxygen atoms in total. The molecule has 0 radical (unpaired) electrons. The molecule has 0 aromatic rings. The highest BCUT2D eigenvalue weighted by Gasteiger charge is 1.81. The predicted octanol–water partition coefficient (Wildman–Crippen LogP) is 0.122. The second kappa shape index (κ2) is 2.75. The van der Waals surface area contributed by atoms with Gasteiger partial charge < -0.3 is 0 Å². The SMILES string of the molecule is CS(=O)(=O)O.I. The van der Waals surface area contributed by atoms with Gasteiger partial charge in [0.25, 0.3) is 10.1 Å². The fourth-order valence-electron chi connectivity index (χ4n) is 0. The minimum Gasteiger partial charge on any atom is -0.286 e. The molecule has 0 aromatic carbocycles. The van der Waals surface area contributed by atoms with Crippen molar-refractivity contribution in [3.8, 4) is 0 Å². The van der Waals surface area contributed by atoms with Gasteiger partial charge in [0, 0.05) is 0 Å². The van der Waals surface area contributed by atoms with E-state index in [4.69, 9.17) is 4.55 Å². The fraction of sp³-hybridized carbons (Fsp3) is 1.00. The molecule has 0 atom stereocenters. The summed E-state index contributed by atoms with van der Waals surface area (Å²) >= 11 is 0. The van der Waals surface area contributed by atoms with Gasteiger partial charge in [0.15, 0.2) is 0 Å². The van der Waals surface area contributed by atoms with Crippen molar-refractivity contribution in [1.29, 1.82) is 0 Å². The second-order valence-corrected chi connectivity index (χ2v) is 2.20. The van der Waals surface area contributed by atoms with E-state index in [2.05, 4.69) is 0 Å². The Morgan fingerprint density at radius 2 is 1.50 bits per heavy atom. The number of halogens is 1. The van der Waals surface area contributed by atoms with Crippen LogP contribution in [0, 0.1) is 0 Å². The molecule has 0 heterocycles. The molecule has 40 valence electrons. The maximum Gasteiger partial charge on any atom is 0.261 e. The molecule has 0 spiro atoms. The van der Waals surface area contributed by atoms with Crippen molar-refractivity contribution in [1.82, 2.24) is 0 Å². The highest BCUT2D eigenvalue weighted by Crippen LogP contribution is 1.60. The highest BCUT2D eigenvalue weighted by atomic mass is 127. The first-order valence-electron chi connectivity index (χ1n) is 0.924. The summed E-state index contributed by atoms with van der Waals surface area (Å²) in [6, 6.07) is 0. The lowest BCUT2D eigenvalue weighted by Crippen LogP contribution is -1.88. The minimum atomic E-state index is -3.67. The van der Waals surface area contributed by atoms with Crippen molar-refractivity contribution < 1.29 is 13.0 Å². The molecule has 0 aliphatic carbocycles. The number of rotatable bonds is 0. The van der Waals surface area contributed by atoms with Crippen LogP contribution < -0.4 is 0 Å². The van der Waals surface area contributed by atoms with Gasteiger partial charge in [0.2, 0.25) is 0 Å². The van der Waals surface area contributed by atoms with Gasteiger partial charge in [0.05, 0.1) is 6.26 Å². The van der Waals surface area contributed by atoms with E-state index in [1.807, 2.05) is 0 Å². The molecule has 0 rings (SSSR count). The Kier molecular flexibility index (Phi) is 4.50. The Labute approximate surface area is 53.5 Å². The van der Waals surface area contributed by atoms with E-state index < -0.39 is 10.1 Å². The number of hydrogen-bond acceptors (Lipinski definition) is 2. The van der Waals surface area contributed by atoms with Gasteiger partial charge in [0.1, 0.15) is 0 Å². The Morgan fingerprint density at radius 1 is 1.50 bits per heavy atom. The lowest BCUT2D eigenvalue weighted by molar-refractivity contribution is 0.490. The Balaban J connectivity index is 0. The van der Waals surface area contributed by atoms with Crippen molar-refractivity contribution in [2.24, 2.45) is 0 Å². The molecule has 5 heteroatoms. The summed E-state index contributed by atoms with van der Waals surface area (Å²) in [5.41, 5.74) is 0. The van der Waals surface area contributed by atoms with Crippen LogP contribution in [0.1, 0.15) is 0 Å². The smallest absolute Gasteiger partial charge is 0.261 e. The Morgan fingerprint density at radius 3 is 1.50 bits per heavy atom. The quantitative estimate of drug-likeness (QED) is 0.469. The minimum absolute atomic E-state index is 0. The van der Waals surface area contributed by atoms with Gasteiger partial charge in [-0.1, -0.05) is 0 Å². The van der Waals surface area contributed by atoms with E-state index in [0.717, 1.165) is 0 Å². The largest absolute Gasteiger partial charge is 0.286 e. The van der Waals surface area contributed by atoms with Gasteiger partial charge in [-0.2, -0.15) is 8.42 Å². The van der Waals surface area contributed by atoms with Crippen molar-refractivity contribution in [3.63, 3.8) is 0 Å². The Bertz CT molecular complexity index is 94.0. The molecular formula is CH5IO3S.